The van der Waals surface area contributed by atoms with Gasteiger partial charge < -0.3 is 16.3 Å². The van der Waals surface area contributed by atoms with Gasteiger partial charge in [-0.15, -0.1) is 0 Å². The van der Waals surface area contributed by atoms with Crippen LogP contribution in [0.2, 0.25) is 0 Å². The number of oxime groups is 1. The fourth-order valence-corrected chi connectivity index (χ4v) is 1.63. The molecule has 0 saturated heterocycles. The average Bonchev–Trinajstić information content (AvgIpc) is 2.44. The highest BCUT2D eigenvalue weighted by atomic mass is 16.4. The maximum absolute atomic E-state index is 11.7. The molecule has 5 heteroatoms. The van der Waals surface area contributed by atoms with E-state index in [0.29, 0.717) is 24.4 Å². The van der Waals surface area contributed by atoms with Crippen LogP contribution in [-0.4, -0.2) is 17.0 Å². The van der Waals surface area contributed by atoms with Gasteiger partial charge in [0.2, 0.25) is 5.91 Å². The van der Waals surface area contributed by atoms with Crippen molar-refractivity contribution in [1.29, 1.82) is 0 Å². The molecule has 19 heavy (non-hydrogen) atoms. The molecule has 0 bridgehead atoms. The van der Waals surface area contributed by atoms with Gasteiger partial charge >= 0.3 is 0 Å². The number of rotatable bonds is 6. The van der Waals surface area contributed by atoms with Gasteiger partial charge in [0.1, 0.15) is 0 Å². The van der Waals surface area contributed by atoms with Crippen LogP contribution < -0.4 is 11.1 Å². The Morgan fingerprint density at radius 3 is 2.89 bits per heavy atom. The van der Waals surface area contributed by atoms with E-state index in [9.17, 15) is 4.79 Å². The Labute approximate surface area is 113 Å². The highest BCUT2D eigenvalue weighted by Gasteiger charge is 2.07. The number of nitrogens with two attached hydrogens (primary N) is 1. The lowest BCUT2D eigenvalue weighted by Gasteiger charge is -2.10. The van der Waals surface area contributed by atoms with Crippen LogP contribution in [-0.2, 0) is 11.3 Å². The number of carbonyl (C=O) groups excluding carboxylic acids is 1. The molecule has 0 radical (unpaired) electrons. The molecule has 0 aliphatic heterocycles. The third-order valence-electron chi connectivity index (χ3n) is 3.05. The van der Waals surface area contributed by atoms with E-state index in [1.165, 1.54) is 0 Å². The van der Waals surface area contributed by atoms with Crippen LogP contribution in [0.1, 0.15) is 37.8 Å². The Bertz CT molecular complexity index is 458. The molecule has 4 N–H and O–H groups in total. The monoisotopic (exact) mass is 263 g/mol. The lowest BCUT2D eigenvalue weighted by atomic mass is 10.0. The second-order valence-electron chi connectivity index (χ2n) is 4.68. The minimum Gasteiger partial charge on any atom is -0.409 e. The maximum atomic E-state index is 11.7. The van der Waals surface area contributed by atoms with Gasteiger partial charge in [0, 0.05) is 18.5 Å². The number of carbonyl (C=O) groups is 1. The van der Waals surface area contributed by atoms with Crippen molar-refractivity contribution < 1.29 is 10.0 Å². The van der Waals surface area contributed by atoms with E-state index in [1.54, 1.807) is 12.1 Å². The van der Waals surface area contributed by atoms with Gasteiger partial charge in [0.25, 0.3) is 0 Å². The molecule has 1 unspecified atom stereocenters. The second-order valence-corrected chi connectivity index (χ2v) is 4.68. The van der Waals surface area contributed by atoms with Gasteiger partial charge in [-0.3, -0.25) is 4.79 Å². The molecule has 0 saturated carbocycles. The Morgan fingerprint density at radius 1 is 1.53 bits per heavy atom. The summed E-state index contributed by atoms with van der Waals surface area (Å²) in [5.41, 5.74) is 7.07. The third kappa shape index (κ3) is 4.99. The number of amidine groups is 1. The summed E-state index contributed by atoms with van der Waals surface area (Å²) in [6, 6.07) is 7.24. The number of nitrogens with zero attached hydrogens (tertiary/aromatic N) is 1. The summed E-state index contributed by atoms with van der Waals surface area (Å²) >= 11 is 0. The topological polar surface area (TPSA) is 87.7 Å². The predicted molar refractivity (Wildman–Crippen MR) is 74.9 cm³/mol. The van der Waals surface area contributed by atoms with Gasteiger partial charge in [0.15, 0.2) is 5.84 Å². The van der Waals surface area contributed by atoms with Crippen LogP contribution in [0, 0.1) is 5.92 Å². The first-order valence-corrected chi connectivity index (χ1v) is 6.40. The predicted octanol–water partition coefficient (Wildman–Crippen LogP) is 1.83. The van der Waals surface area contributed by atoms with Crippen molar-refractivity contribution in [3.8, 4) is 0 Å². The molecular weight excluding hydrogens is 242 g/mol. The molecule has 0 fully saturated rings. The number of hydrogen-bond acceptors (Lipinski definition) is 3. The SMILES string of the molecule is CCC(C)CC(=O)NCc1cccc(/C(N)=N/O)c1. The van der Waals surface area contributed by atoms with E-state index in [1.807, 2.05) is 12.1 Å². The van der Waals surface area contributed by atoms with Gasteiger partial charge in [-0.1, -0.05) is 43.6 Å². The lowest BCUT2D eigenvalue weighted by molar-refractivity contribution is -0.122. The molecule has 5 nitrogen and oxygen atoms in total. The molecule has 1 atom stereocenters. The molecule has 0 aliphatic rings. The van der Waals surface area contributed by atoms with Gasteiger partial charge in [-0.2, -0.15) is 0 Å². The third-order valence-corrected chi connectivity index (χ3v) is 3.05. The Hall–Kier alpha value is -2.04. The van der Waals surface area contributed by atoms with E-state index in [-0.39, 0.29) is 11.7 Å². The number of benzene rings is 1. The molecule has 1 aromatic carbocycles. The largest absolute Gasteiger partial charge is 0.409 e. The van der Waals surface area contributed by atoms with Crippen LogP contribution in [0.3, 0.4) is 0 Å². The van der Waals surface area contributed by atoms with Crippen LogP contribution in [0.4, 0.5) is 0 Å². The van der Waals surface area contributed by atoms with Crippen LogP contribution in [0.5, 0.6) is 0 Å². The molecule has 104 valence electrons. The Balaban J connectivity index is 2.56. The summed E-state index contributed by atoms with van der Waals surface area (Å²) in [6.45, 7) is 4.57. The molecule has 0 heterocycles. The number of amides is 1. The lowest BCUT2D eigenvalue weighted by Crippen LogP contribution is -2.24. The fourth-order valence-electron chi connectivity index (χ4n) is 1.63. The second kappa shape index (κ2) is 7.41. The minimum absolute atomic E-state index is 0.0450. The zero-order chi connectivity index (χ0) is 14.3. The molecule has 1 rings (SSSR count). The van der Waals surface area contributed by atoms with Crippen molar-refractivity contribution in [2.75, 3.05) is 0 Å². The average molecular weight is 263 g/mol. The smallest absolute Gasteiger partial charge is 0.220 e. The van der Waals surface area contributed by atoms with Crippen LogP contribution in [0.15, 0.2) is 29.4 Å². The molecule has 1 aromatic rings. The van der Waals surface area contributed by atoms with Crippen LogP contribution in [0.25, 0.3) is 0 Å². The normalized spacial score (nSPS) is 13.1. The Morgan fingerprint density at radius 2 is 2.26 bits per heavy atom. The molecule has 1 amide bonds. The molecular formula is C14H21N3O2. The van der Waals surface area contributed by atoms with Crippen molar-refractivity contribution >= 4 is 11.7 Å². The maximum Gasteiger partial charge on any atom is 0.220 e. The van der Waals surface area contributed by atoms with Crippen molar-refractivity contribution in [2.24, 2.45) is 16.8 Å². The van der Waals surface area contributed by atoms with Gasteiger partial charge in [-0.05, 0) is 17.5 Å². The van der Waals surface area contributed by atoms with Crippen LogP contribution >= 0.6 is 0 Å². The summed E-state index contributed by atoms with van der Waals surface area (Å²) in [6.07, 6.45) is 1.53. The van der Waals surface area contributed by atoms with E-state index >= 15 is 0 Å². The number of nitrogens with one attached hydrogen (secondary N) is 1. The van der Waals surface area contributed by atoms with Gasteiger partial charge in [-0.25, -0.2) is 0 Å². The summed E-state index contributed by atoms with van der Waals surface area (Å²) in [7, 11) is 0. The zero-order valence-electron chi connectivity index (χ0n) is 11.4. The van der Waals surface area contributed by atoms with E-state index < -0.39 is 0 Å². The standard InChI is InChI=1S/C14H21N3O2/c1-3-10(2)7-13(18)16-9-11-5-4-6-12(8-11)14(15)17-19/h4-6,8,10,19H,3,7,9H2,1-2H3,(H2,15,17)(H,16,18). The molecule has 0 aliphatic carbocycles. The Kier molecular flexibility index (Phi) is 5.85. The van der Waals surface area contributed by atoms with Crippen molar-refractivity contribution in [3.63, 3.8) is 0 Å². The zero-order valence-corrected chi connectivity index (χ0v) is 11.4. The quantitative estimate of drug-likeness (QED) is 0.317. The summed E-state index contributed by atoms with van der Waals surface area (Å²) in [4.78, 5) is 11.7. The first-order chi connectivity index (χ1) is 9.06. The van der Waals surface area contributed by atoms with Crippen molar-refractivity contribution in [2.45, 2.75) is 33.2 Å². The van der Waals surface area contributed by atoms with Crippen molar-refractivity contribution in [3.05, 3.63) is 35.4 Å². The summed E-state index contributed by atoms with van der Waals surface area (Å²) in [5, 5.41) is 14.4. The van der Waals surface area contributed by atoms with Crippen molar-refractivity contribution in [1.82, 2.24) is 5.32 Å². The van der Waals surface area contributed by atoms with E-state index in [2.05, 4.69) is 24.3 Å². The fraction of sp³-hybridized carbons (Fsp3) is 0.429. The highest BCUT2D eigenvalue weighted by Crippen LogP contribution is 2.07. The van der Waals surface area contributed by atoms with E-state index in [0.717, 1.165) is 12.0 Å². The first kappa shape index (κ1) is 15.0. The molecule has 0 spiro atoms. The summed E-state index contributed by atoms with van der Waals surface area (Å²) < 4.78 is 0. The summed E-state index contributed by atoms with van der Waals surface area (Å²) in [5.74, 6) is 0.500. The first-order valence-electron chi connectivity index (χ1n) is 6.40. The van der Waals surface area contributed by atoms with Gasteiger partial charge in [0.05, 0.1) is 0 Å². The minimum atomic E-state index is 0.0450. The highest BCUT2D eigenvalue weighted by molar-refractivity contribution is 5.97. The molecule has 0 aromatic heterocycles. The number of hydrogen-bond donors (Lipinski definition) is 3. The van der Waals surface area contributed by atoms with E-state index in [4.69, 9.17) is 10.9 Å².